The number of rotatable bonds is 3. The third-order valence-corrected chi connectivity index (χ3v) is 5.81. The van der Waals surface area contributed by atoms with Gasteiger partial charge in [-0.15, -0.1) is 11.3 Å². The van der Waals surface area contributed by atoms with E-state index in [9.17, 15) is 9.59 Å². The molecule has 1 aliphatic rings. The van der Waals surface area contributed by atoms with Gasteiger partial charge >= 0.3 is 5.97 Å². The Labute approximate surface area is 153 Å². The molecule has 0 atom stereocenters. The Balaban J connectivity index is 1.99. The molecule has 1 amide bonds. The largest absolute Gasteiger partial charge is 0.465 e. The molecule has 2 aromatic rings. The Morgan fingerprint density at radius 3 is 2.46 bits per heavy atom. The Morgan fingerprint density at radius 2 is 1.79 bits per heavy atom. The van der Waals surface area contributed by atoms with Crippen molar-refractivity contribution in [2.75, 3.05) is 12.4 Å². The smallest absolute Gasteiger partial charge is 0.341 e. The highest BCUT2D eigenvalue weighted by atomic mass is 35.5. The maximum Gasteiger partial charge on any atom is 0.341 e. The third kappa shape index (κ3) is 3.16. The van der Waals surface area contributed by atoms with E-state index in [-0.39, 0.29) is 15.6 Å². The van der Waals surface area contributed by atoms with Gasteiger partial charge in [0.2, 0.25) is 0 Å². The van der Waals surface area contributed by atoms with Crippen molar-refractivity contribution in [3.05, 3.63) is 49.8 Å². The number of methoxy groups -OCH3 is 1. The fraction of sp³-hybridized carbons (Fsp3) is 0.294. The molecule has 24 heavy (non-hydrogen) atoms. The van der Waals surface area contributed by atoms with Gasteiger partial charge in [0.05, 0.1) is 28.3 Å². The minimum absolute atomic E-state index is 0.197. The van der Waals surface area contributed by atoms with Gasteiger partial charge in [-0.05, 0) is 43.4 Å². The standard InChI is InChI=1S/C17H15Cl2NO3S/c1-23-17(22)13-9-5-2-3-8-12(9)24-16(13)20-15(21)14-10(18)6-4-7-11(14)19/h4,6-7H,2-3,5,8H2,1H3,(H,20,21). The minimum Gasteiger partial charge on any atom is -0.465 e. The number of esters is 1. The van der Waals surface area contributed by atoms with Crippen molar-refractivity contribution in [2.45, 2.75) is 25.7 Å². The van der Waals surface area contributed by atoms with Crippen LogP contribution < -0.4 is 5.32 Å². The van der Waals surface area contributed by atoms with Crippen LogP contribution in [0, 0.1) is 0 Å². The average Bonchev–Trinajstić information content (AvgIpc) is 2.91. The van der Waals surface area contributed by atoms with E-state index in [2.05, 4.69) is 5.32 Å². The number of hydrogen-bond acceptors (Lipinski definition) is 4. The first-order valence-electron chi connectivity index (χ1n) is 7.51. The molecule has 0 radical (unpaired) electrons. The predicted molar refractivity (Wildman–Crippen MR) is 96.7 cm³/mol. The summed E-state index contributed by atoms with van der Waals surface area (Å²) < 4.78 is 4.90. The number of amides is 1. The Hall–Kier alpha value is -1.56. The van der Waals surface area contributed by atoms with Gasteiger partial charge in [0.1, 0.15) is 5.00 Å². The summed E-state index contributed by atoms with van der Waals surface area (Å²) in [6.45, 7) is 0. The molecule has 126 valence electrons. The topological polar surface area (TPSA) is 55.4 Å². The van der Waals surface area contributed by atoms with Gasteiger partial charge in [0, 0.05) is 4.88 Å². The van der Waals surface area contributed by atoms with E-state index in [0.29, 0.717) is 10.6 Å². The van der Waals surface area contributed by atoms with E-state index < -0.39 is 11.9 Å². The quantitative estimate of drug-likeness (QED) is 0.760. The average molecular weight is 384 g/mol. The van der Waals surface area contributed by atoms with Crippen molar-refractivity contribution in [3.8, 4) is 0 Å². The Bertz CT molecular complexity index is 796. The van der Waals surface area contributed by atoms with Crippen LogP contribution in [-0.4, -0.2) is 19.0 Å². The summed E-state index contributed by atoms with van der Waals surface area (Å²) in [5.74, 6) is -0.871. The summed E-state index contributed by atoms with van der Waals surface area (Å²) in [4.78, 5) is 25.9. The number of thiophene rings is 1. The molecule has 1 aliphatic carbocycles. The number of ether oxygens (including phenoxy) is 1. The van der Waals surface area contributed by atoms with Crippen LogP contribution in [0.15, 0.2) is 18.2 Å². The normalized spacial score (nSPS) is 13.3. The van der Waals surface area contributed by atoms with E-state index >= 15 is 0 Å². The summed E-state index contributed by atoms with van der Waals surface area (Å²) in [5.41, 5.74) is 1.63. The van der Waals surface area contributed by atoms with Gasteiger partial charge in [0.15, 0.2) is 0 Å². The van der Waals surface area contributed by atoms with Crippen molar-refractivity contribution >= 4 is 51.4 Å². The molecular weight excluding hydrogens is 369 g/mol. The van der Waals surface area contributed by atoms with E-state index in [1.54, 1.807) is 18.2 Å². The Morgan fingerprint density at radius 1 is 1.12 bits per heavy atom. The van der Waals surface area contributed by atoms with Crippen LogP contribution in [0.2, 0.25) is 10.0 Å². The van der Waals surface area contributed by atoms with Crippen LogP contribution in [0.5, 0.6) is 0 Å². The molecule has 0 saturated carbocycles. The van der Waals surface area contributed by atoms with Crippen molar-refractivity contribution in [2.24, 2.45) is 0 Å². The Kier molecular flexibility index (Phi) is 5.13. The molecule has 7 heteroatoms. The number of benzene rings is 1. The maximum atomic E-state index is 12.6. The minimum atomic E-state index is -0.436. The highest BCUT2D eigenvalue weighted by Gasteiger charge is 2.27. The molecule has 1 aromatic carbocycles. The van der Waals surface area contributed by atoms with Crippen molar-refractivity contribution in [3.63, 3.8) is 0 Å². The maximum absolute atomic E-state index is 12.6. The van der Waals surface area contributed by atoms with E-state index in [1.165, 1.54) is 18.4 Å². The van der Waals surface area contributed by atoms with Crippen molar-refractivity contribution < 1.29 is 14.3 Å². The van der Waals surface area contributed by atoms with Crippen LogP contribution in [0.25, 0.3) is 0 Å². The molecule has 0 aliphatic heterocycles. The van der Waals surface area contributed by atoms with Crippen LogP contribution in [-0.2, 0) is 17.6 Å². The zero-order chi connectivity index (χ0) is 17.3. The van der Waals surface area contributed by atoms with Crippen molar-refractivity contribution in [1.82, 2.24) is 0 Å². The van der Waals surface area contributed by atoms with Crippen molar-refractivity contribution in [1.29, 1.82) is 0 Å². The predicted octanol–water partition coefficient (Wildman–Crippen LogP) is 4.97. The first-order valence-corrected chi connectivity index (χ1v) is 9.08. The molecule has 1 N–H and O–H groups in total. The van der Waals surface area contributed by atoms with Crippen LogP contribution >= 0.6 is 34.5 Å². The van der Waals surface area contributed by atoms with Crippen LogP contribution in [0.1, 0.15) is 44.0 Å². The van der Waals surface area contributed by atoms with Gasteiger partial charge in [-0.3, -0.25) is 4.79 Å². The second-order valence-electron chi connectivity index (χ2n) is 5.46. The highest BCUT2D eigenvalue weighted by Crippen LogP contribution is 2.39. The van der Waals surface area contributed by atoms with E-state index in [4.69, 9.17) is 27.9 Å². The summed E-state index contributed by atoms with van der Waals surface area (Å²) in [5, 5.41) is 3.82. The van der Waals surface area contributed by atoms with Gasteiger partial charge in [-0.2, -0.15) is 0 Å². The molecule has 3 rings (SSSR count). The number of carbonyl (C=O) groups excluding carboxylic acids is 2. The molecule has 1 heterocycles. The third-order valence-electron chi connectivity index (χ3n) is 3.98. The van der Waals surface area contributed by atoms with Gasteiger partial charge in [-0.1, -0.05) is 29.3 Å². The number of nitrogens with one attached hydrogen (secondary N) is 1. The van der Waals surface area contributed by atoms with E-state index in [1.807, 2.05) is 0 Å². The molecule has 4 nitrogen and oxygen atoms in total. The van der Waals surface area contributed by atoms with Crippen LogP contribution in [0.3, 0.4) is 0 Å². The number of hydrogen-bond donors (Lipinski definition) is 1. The zero-order valence-electron chi connectivity index (χ0n) is 12.9. The fourth-order valence-electron chi connectivity index (χ4n) is 2.85. The monoisotopic (exact) mass is 383 g/mol. The second kappa shape index (κ2) is 7.13. The molecule has 0 spiro atoms. The lowest BCUT2D eigenvalue weighted by Crippen LogP contribution is -2.15. The molecule has 0 unspecified atom stereocenters. The lowest BCUT2D eigenvalue weighted by molar-refractivity contribution is 0.0601. The number of halogens is 2. The van der Waals surface area contributed by atoms with Crippen LogP contribution in [0.4, 0.5) is 5.00 Å². The molecule has 0 fully saturated rings. The lowest BCUT2D eigenvalue weighted by atomic mass is 9.95. The van der Waals surface area contributed by atoms with Gasteiger partial charge in [0.25, 0.3) is 5.91 Å². The summed E-state index contributed by atoms with van der Waals surface area (Å²) in [6, 6.07) is 4.87. The molecule has 0 bridgehead atoms. The van der Waals surface area contributed by atoms with Gasteiger partial charge < -0.3 is 10.1 Å². The highest BCUT2D eigenvalue weighted by molar-refractivity contribution is 7.17. The van der Waals surface area contributed by atoms with Gasteiger partial charge in [-0.25, -0.2) is 4.79 Å². The summed E-state index contributed by atoms with van der Waals surface area (Å²) in [7, 11) is 1.34. The number of aryl methyl sites for hydroxylation is 1. The SMILES string of the molecule is COC(=O)c1c(NC(=O)c2c(Cl)cccc2Cl)sc2c1CCCC2. The zero-order valence-corrected chi connectivity index (χ0v) is 15.3. The number of fused-ring (bicyclic) bond motifs is 1. The summed E-state index contributed by atoms with van der Waals surface area (Å²) >= 11 is 13.6. The fourth-order valence-corrected chi connectivity index (χ4v) is 4.69. The molecule has 1 aromatic heterocycles. The summed E-state index contributed by atoms with van der Waals surface area (Å²) in [6.07, 6.45) is 3.83. The number of carbonyl (C=O) groups is 2. The number of anilines is 1. The second-order valence-corrected chi connectivity index (χ2v) is 7.38. The first kappa shape index (κ1) is 17.3. The van der Waals surface area contributed by atoms with E-state index in [0.717, 1.165) is 36.1 Å². The first-order chi connectivity index (χ1) is 11.5. The lowest BCUT2D eigenvalue weighted by Gasteiger charge is -2.12. The molecular formula is C17H15Cl2NO3S. The molecule has 0 saturated heterocycles.